The number of nitro benzene ring substituents is 1. The van der Waals surface area contributed by atoms with E-state index in [0.717, 1.165) is 29.5 Å². The SMILES string of the molecule is CCCCNC(=O)[C@H](C)N(Cc1ccc(Cl)c(Cl)c1)C(=O)CN(c1cccc([N+](=O)[O-])c1)S(C)(=O)=O. The lowest BCUT2D eigenvalue weighted by Crippen LogP contribution is -2.51. The van der Waals surface area contributed by atoms with Crippen molar-refractivity contribution in [2.24, 2.45) is 0 Å². The van der Waals surface area contributed by atoms with Crippen molar-refractivity contribution < 1.29 is 22.9 Å². The van der Waals surface area contributed by atoms with E-state index in [4.69, 9.17) is 23.2 Å². The standard InChI is InChI=1S/C23H28Cl2N4O6S/c1-4-5-11-26-23(31)16(2)27(14-17-9-10-20(24)21(25)12-17)22(30)15-28(36(3,34)35)18-7-6-8-19(13-18)29(32)33/h6-10,12-13,16H,4-5,11,14-15H2,1-3H3,(H,26,31)/t16-/m0/s1. The number of rotatable bonds is 12. The first-order chi connectivity index (χ1) is 16.8. The van der Waals surface area contributed by atoms with Gasteiger partial charge in [0, 0.05) is 25.2 Å². The van der Waals surface area contributed by atoms with Crippen LogP contribution in [0.5, 0.6) is 0 Å². The number of carbonyl (C=O) groups is 2. The van der Waals surface area contributed by atoms with Crippen LogP contribution in [0.25, 0.3) is 0 Å². The number of sulfonamides is 1. The summed E-state index contributed by atoms with van der Waals surface area (Å²) in [4.78, 5) is 38.0. The number of carbonyl (C=O) groups excluding carboxylic acids is 2. The van der Waals surface area contributed by atoms with E-state index in [1.165, 1.54) is 30.0 Å². The Balaban J connectivity index is 2.41. The third kappa shape index (κ3) is 8.07. The van der Waals surface area contributed by atoms with Gasteiger partial charge in [-0.25, -0.2) is 8.42 Å². The van der Waals surface area contributed by atoms with E-state index >= 15 is 0 Å². The molecule has 0 saturated heterocycles. The highest BCUT2D eigenvalue weighted by atomic mass is 35.5. The highest BCUT2D eigenvalue weighted by molar-refractivity contribution is 7.92. The third-order valence-corrected chi connectivity index (χ3v) is 7.22. The number of hydrogen-bond acceptors (Lipinski definition) is 6. The van der Waals surface area contributed by atoms with Gasteiger partial charge in [-0.1, -0.05) is 48.7 Å². The molecule has 2 aromatic carbocycles. The lowest BCUT2D eigenvalue weighted by atomic mass is 10.1. The van der Waals surface area contributed by atoms with Gasteiger partial charge in [0.15, 0.2) is 0 Å². The van der Waals surface area contributed by atoms with Crippen molar-refractivity contribution >= 4 is 56.4 Å². The number of halogens is 2. The molecule has 0 aromatic heterocycles. The molecular weight excluding hydrogens is 531 g/mol. The number of nitro groups is 1. The van der Waals surface area contributed by atoms with Gasteiger partial charge in [-0.05, 0) is 37.1 Å². The van der Waals surface area contributed by atoms with E-state index in [9.17, 15) is 28.1 Å². The lowest BCUT2D eigenvalue weighted by Gasteiger charge is -2.31. The molecule has 2 aromatic rings. The van der Waals surface area contributed by atoms with Gasteiger partial charge >= 0.3 is 0 Å². The molecule has 36 heavy (non-hydrogen) atoms. The number of nitrogens with zero attached hydrogens (tertiary/aromatic N) is 3. The summed E-state index contributed by atoms with van der Waals surface area (Å²) in [6.07, 6.45) is 2.52. The van der Waals surface area contributed by atoms with Gasteiger partial charge in [-0.3, -0.25) is 24.0 Å². The minimum absolute atomic E-state index is 0.0467. The highest BCUT2D eigenvalue weighted by Crippen LogP contribution is 2.25. The summed E-state index contributed by atoms with van der Waals surface area (Å²) >= 11 is 12.1. The maximum Gasteiger partial charge on any atom is 0.271 e. The average molecular weight is 559 g/mol. The molecular formula is C23H28Cl2N4O6S. The van der Waals surface area contributed by atoms with Gasteiger partial charge in [-0.15, -0.1) is 0 Å². The first kappa shape index (κ1) is 29.3. The Morgan fingerprint density at radius 1 is 1.14 bits per heavy atom. The van der Waals surface area contributed by atoms with Crippen molar-refractivity contribution in [2.75, 3.05) is 23.7 Å². The van der Waals surface area contributed by atoms with Crippen LogP contribution in [0.2, 0.25) is 10.0 Å². The molecule has 1 N–H and O–H groups in total. The average Bonchev–Trinajstić information content (AvgIpc) is 2.82. The molecule has 2 amide bonds. The minimum Gasteiger partial charge on any atom is -0.354 e. The maximum atomic E-state index is 13.5. The van der Waals surface area contributed by atoms with E-state index < -0.39 is 39.3 Å². The number of benzene rings is 2. The van der Waals surface area contributed by atoms with Crippen LogP contribution < -0.4 is 9.62 Å². The monoisotopic (exact) mass is 558 g/mol. The van der Waals surface area contributed by atoms with Crippen molar-refractivity contribution in [3.63, 3.8) is 0 Å². The summed E-state index contributed by atoms with van der Waals surface area (Å²) in [5.41, 5.74) is 0.201. The van der Waals surface area contributed by atoms with Gasteiger partial charge in [0.25, 0.3) is 5.69 Å². The second-order valence-electron chi connectivity index (χ2n) is 8.14. The quantitative estimate of drug-likeness (QED) is 0.238. The summed E-state index contributed by atoms with van der Waals surface area (Å²) in [6, 6.07) is 8.77. The van der Waals surface area contributed by atoms with Crippen molar-refractivity contribution in [1.82, 2.24) is 10.2 Å². The fraction of sp³-hybridized carbons (Fsp3) is 0.391. The van der Waals surface area contributed by atoms with Crippen LogP contribution in [0.4, 0.5) is 11.4 Å². The van der Waals surface area contributed by atoms with Crippen LogP contribution in [-0.2, 0) is 26.2 Å². The predicted octanol–water partition coefficient (Wildman–Crippen LogP) is 4.00. The normalized spacial score (nSPS) is 12.0. The topological polar surface area (TPSA) is 130 Å². The maximum absolute atomic E-state index is 13.5. The first-order valence-corrected chi connectivity index (χ1v) is 13.7. The molecule has 13 heteroatoms. The Kier molecular flexibility index (Phi) is 10.5. The molecule has 0 fully saturated rings. The number of hydrogen-bond donors (Lipinski definition) is 1. The Hall–Kier alpha value is -2.89. The number of non-ortho nitro benzene ring substituents is 1. The van der Waals surface area contributed by atoms with Gasteiger partial charge in [-0.2, -0.15) is 0 Å². The van der Waals surface area contributed by atoms with Crippen molar-refractivity contribution in [2.45, 2.75) is 39.3 Å². The fourth-order valence-corrected chi connectivity index (χ4v) is 4.49. The first-order valence-electron chi connectivity index (χ1n) is 11.1. The Morgan fingerprint density at radius 3 is 2.42 bits per heavy atom. The van der Waals surface area contributed by atoms with Crippen LogP contribution in [-0.4, -0.2) is 55.4 Å². The molecule has 196 valence electrons. The van der Waals surface area contributed by atoms with Crippen LogP contribution in [0, 0.1) is 10.1 Å². The van der Waals surface area contributed by atoms with Gasteiger partial charge in [0.05, 0.1) is 26.9 Å². The van der Waals surface area contributed by atoms with Gasteiger partial charge in [0.1, 0.15) is 12.6 Å². The smallest absolute Gasteiger partial charge is 0.271 e. The fourth-order valence-electron chi connectivity index (χ4n) is 3.33. The number of anilines is 1. The lowest BCUT2D eigenvalue weighted by molar-refractivity contribution is -0.384. The number of nitrogens with one attached hydrogen (secondary N) is 1. The summed E-state index contributed by atoms with van der Waals surface area (Å²) in [5.74, 6) is -1.09. The summed E-state index contributed by atoms with van der Waals surface area (Å²) in [5, 5.41) is 14.5. The summed E-state index contributed by atoms with van der Waals surface area (Å²) < 4.78 is 25.9. The Bertz CT molecular complexity index is 1220. The summed E-state index contributed by atoms with van der Waals surface area (Å²) in [6.45, 7) is 3.22. The molecule has 0 bridgehead atoms. The molecule has 0 spiro atoms. The largest absolute Gasteiger partial charge is 0.354 e. The molecule has 0 radical (unpaired) electrons. The molecule has 0 saturated carbocycles. The van der Waals surface area contributed by atoms with Crippen molar-refractivity contribution in [1.29, 1.82) is 0 Å². The van der Waals surface area contributed by atoms with Gasteiger partial charge in [0.2, 0.25) is 21.8 Å². The molecule has 10 nitrogen and oxygen atoms in total. The molecule has 0 aliphatic carbocycles. The van der Waals surface area contributed by atoms with Crippen LogP contribution in [0.1, 0.15) is 32.3 Å². The van der Waals surface area contributed by atoms with E-state index in [2.05, 4.69) is 5.32 Å². The van der Waals surface area contributed by atoms with Crippen molar-refractivity contribution in [3.8, 4) is 0 Å². The van der Waals surface area contributed by atoms with E-state index in [1.807, 2.05) is 6.92 Å². The van der Waals surface area contributed by atoms with Crippen LogP contribution in [0.15, 0.2) is 42.5 Å². The molecule has 0 aliphatic heterocycles. The molecule has 1 atom stereocenters. The minimum atomic E-state index is -4.01. The zero-order valence-electron chi connectivity index (χ0n) is 20.1. The predicted molar refractivity (Wildman–Crippen MR) is 140 cm³/mol. The Labute approximate surface area is 220 Å². The molecule has 0 aliphatic rings. The van der Waals surface area contributed by atoms with Crippen LogP contribution in [0.3, 0.4) is 0 Å². The zero-order chi connectivity index (χ0) is 27.0. The van der Waals surface area contributed by atoms with E-state index in [-0.39, 0.29) is 22.9 Å². The van der Waals surface area contributed by atoms with Gasteiger partial charge < -0.3 is 10.2 Å². The second kappa shape index (κ2) is 12.9. The number of amides is 2. The van der Waals surface area contributed by atoms with E-state index in [0.29, 0.717) is 17.1 Å². The van der Waals surface area contributed by atoms with E-state index in [1.54, 1.807) is 18.2 Å². The highest BCUT2D eigenvalue weighted by Gasteiger charge is 2.30. The van der Waals surface area contributed by atoms with Crippen LogP contribution >= 0.6 is 23.2 Å². The molecule has 0 unspecified atom stereocenters. The molecule has 0 heterocycles. The third-order valence-electron chi connectivity index (χ3n) is 5.34. The van der Waals surface area contributed by atoms with Crippen molar-refractivity contribution in [3.05, 3.63) is 68.2 Å². The number of unbranched alkanes of at least 4 members (excludes halogenated alkanes) is 1. The zero-order valence-corrected chi connectivity index (χ0v) is 22.4. The second-order valence-corrected chi connectivity index (χ2v) is 10.9. The molecule has 2 rings (SSSR count). The summed E-state index contributed by atoms with van der Waals surface area (Å²) in [7, 11) is -4.01. The Morgan fingerprint density at radius 2 is 1.83 bits per heavy atom.